The molecular weight excluding hydrogens is 359 g/mol. The van der Waals surface area contributed by atoms with Crippen molar-refractivity contribution in [3.05, 3.63) is 62.3 Å². The monoisotopic (exact) mass is 368 g/mol. The first-order chi connectivity index (χ1) is 9.97. The number of anilines is 1. The van der Waals surface area contributed by atoms with Crippen LogP contribution in [0.5, 0.6) is 0 Å². The van der Waals surface area contributed by atoms with E-state index in [-0.39, 0.29) is 12.3 Å². The van der Waals surface area contributed by atoms with E-state index in [1.165, 1.54) is 0 Å². The summed E-state index contributed by atoms with van der Waals surface area (Å²) in [4.78, 5) is 11.4. The number of nitrogens with two attached hydrogens (primary N) is 1. The van der Waals surface area contributed by atoms with Crippen LogP contribution in [0.1, 0.15) is 22.7 Å². The molecule has 2 aromatic rings. The zero-order valence-corrected chi connectivity index (χ0v) is 13.1. The van der Waals surface area contributed by atoms with Crippen molar-refractivity contribution in [3.8, 4) is 0 Å². The van der Waals surface area contributed by atoms with Crippen molar-refractivity contribution in [3.63, 3.8) is 0 Å². The standard InChI is InChI=1S/C15H11BrClFN2O/c16-10-3-1-2-8(14(10)18)15(19)9-4-7-5-13(21)20-12(7)6-11(9)17/h1-4,6,15H,5,19H2,(H,20,21). The van der Waals surface area contributed by atoms with E-state index in [9.17, 15) is 9.18 Å². The first-order valence-corrected chi connectivity index (χ1v) is 7.46. The van der Waals surface area contributed by atoms with Gasteiger partial charge in [0.1, 0.15) is 5.82 Å². The fourth-order valence-corrected chi connectivity index (χ4v) is 3.10. The highest BCUT2D eigenvalue weighted by Crippen LogP contribution is 2.35. The number of carbonyl (C=O) groups is 1. The van der Waals surface area contributed by atoms with Crippen LogP contribution in [-0.2, 0) is 11.2 Å². The van der Waals surface area contributed by atoms with E-state index >= 15 is 0 Å². The molecule has 0 spiro atoms. The van der Waals surface area contributed by atoms with Gasteiger partial charge in [-0.15, -0.1) is 0 Å². The molecule has 1 unspecified atom stereocenters. The van der Waals surface area contributed by atoms with E-state index < -0.39 is 11.9 Å². The van der Waals surface area contributed by atoms with Gasteiger partial charge in [-0.05, 0) is 45.3 Å². The molecule has 0 fully saturated rings. The second-order valence-corrected chi connectivity index (χ2v) is 6.14. The summed E-state index contributed by atoms with van der Waals surface area (Å²) in [5.41, 5.74) is 8.63. The molecule has 0 aliphatic carbocycles. The molecule has 0 saturated carbocycles. The van der Waals surface area contributed by atoms with Crippen LogP contribution in [0.4, 0.5) is 10.1 Å². The largest absolute Gasteiger partial charge is 0.325 e. The van der Waals surface area contributed by atoms with Crippen LogP contribution >= 0.6 is 27.5 Å². The van der Waals surface area contributed by atoms with Crippen molar-refractivity contribution in [2.24, 2.45) is 5.73 Å². The Hall–Kier alpha value is -1.43. The highest BCUT2D eigenvalue weighted by atomic mass is 79.9. The molecule has 1 atom stereocenters. The molecule has 3 N–H and O–H groups in total. The number of hydrogen-bond donors (Lipinski definition) is 2. The van der Waals surface area contributed by atoms with Gasteiger partial charge in [0.2, 0.25) is 5.91 Å². The van der Waals surface area contributed by atoms with E-state index in [0.29, 0.717) is 26.3 Å². The number of hydrogen-bond acceptors (Lipinski definition) is 2. The summed E-state index contributed by atoms with van der Waals surface area (Å²) in [7, 11) is 0. The average molecular weight is 370 g/mol. The summed E-state index contributed by atoms with van der Waals surface area (Å²) < 4.78 is 14.5. The first kappa shape index (κ1) is 14.5. The average Bonchev–Trinajstić information content (AvgIpc) is 2.79. The van der Waals surface area contributed by atoms with Crippen molar-refractivity contribution in [1.82, 2.24) is 0 Å². The van der Waals surface area contributed by atoms with Gasteiger partial charge in [-0.3, -0.25) is 4.79 Å². The topological polar surface area (TPSA) is 55.1 Å². The summed E-state index contributed by atoms with van der Waals surface area (Å²) in [6.45, 7) is 0. The van der Waals surface area contributed by atoms with Crippen LogP contribution < -0.4 is 11.1 Å². The maximum Gasteiger partial charge on any atom is 0.228 e. The van der Waals surface area contributed by atoms with E-state index in [1.807, 2.05) is 0 Å². The minimum absolute atomic E-state index is 0.0829. The van der Waals surface area contributed by atoms with Gasteiger partial charge in [-0.1, -0.05) is 23.7 Å². The van der Waals surface area contributed by atoms with Crippen LogP contribution in [-0.4, -0.2) is 5.91 Å². The Morgan fingerprint density at radius 3 is 2.86 bits per heavy atom. The Kier molecular flexibility index (Phi) is 3.73. The molecule has 2 aromatic carbocycles. The van der Waals surface area contributed by atoms with Gasteiger partial charge in [0.05, 0.1) is 16.9 Å². The lowest BCUT2D eigenvalue weighted by atomic mass is 9.96. The fourth-order valence-electron chi connectivity index (χ4n) is 2.43. The SMILES string of the molecule is NC(c1cc2c(cc1Cl)NC(=O)C2)c1cccc(Br)c1F. The maximum absolute atomic E-state index is 14.2. The molecule has 21 heavy (non-hydrogen) atoms. The highest BCUT2D eigenvalue weighted by Gasteiger charge is 2.23. The number of carbonyl (C=O) groups excluding carboxylic acids is 1. The smallest absolute Gasteiger partial charge is 0.228 e. The molecule has 3 rings (SSSR count). The zero-order chi connectivity index (χ0) is 15.1. The number of nitrogens with one attached hydrogen (secondary N) is 1. The van der Waals surface area contributed by atoms with E-state index in [4.69, 9.17) is 17.3 Å². The Labute approximate surface area is 134 Å². The maximum atomic E-state index is 14.2. The van der Waals surface area contributed by atoms with Crippen molar-refractivity contribution in [2.75, 3.05) is 5.32 Å². The molecule has 0 bridgehead atoms. The molecule has 1 aliphatic rings. The van der Waals surface area contributed by atoms with E-state index in [0.717, 1.165) is 5.56 Å². The lowest BCUT2D eigenvalue weighted by Crippen LogP contribution is -2.14. The third-order valence-electron chi connectivity index (χ3n) is 3.50. The van der Waals surface area contributed by atoms with E-state index in [1.54, 1.807) is 30.3 Å². The Morgan fingerprint density at radius 1 is 1.33 bits per heavy atom. The van der Waals surface area contributed by atoms with Crippen LogP contribution in [0.3, 0.4) is 0 Å². The van der Waals surface area contributed by atoms with Gasteiger partial charge in [0, 0.05) is 16.3 Å². The second kappa shape index (κ2) is 5.40. The molecule has 0 aromatic heterocycles. The van der Waals surface area contributed by atoms with Gasteiger partial charge in [0.15, 0.2) is 0 Å². The molecule has 0 saturated heterocycles. The highest BCUT2D eigenvalue weighted by molar-refractivity contribution is 9.10. The number of fused-ring (bicyclic) bond motifs is 1. The van der Waals surface area contributed by atoms with Crippen molar-refractivity contribution < 1.29 is 9.18 Å². The molecule has 108 valence electrons. The van der Waals surface area contributed by atoms with Crippen molar-refractivity contribution in [2.45, 2.75) is 12.5 Å². The van der Waals surface area contributed by atoms with Gasteiger partial charge >= 0.3 is 0 Å². The lowest BCUT2D eigenvalue weighted by molar-refractivity contribution is -0.115. The zero-order valence-electron chi connectivity index (χ0n) is 10.8. The van der Waals surface area contributed by atoms with Crippen LogP contribution in [0.15, 0.2) is 34.8 Å². The molecule has 1 heterocycles. The number of halogens is 3. The van der Waals surface area contributed by atoms with Crippen LogP contribution in [0, 0.1) is 5.82 Å². The quantitative estimate of drug-likeness (QED) is 0.846. The van der Waals surface area contributed by atoms with Crippen LogP contribution in [0.25, 0.3) is 0 Å². The third-order valence-corrected chi connectivity index (χ3v) is 4.44. The van der Waals surface area contributed by atoms with Gasteiger partial charge in [0.25, 0.3) is 0 Å². The molecule has 1 aliphatic heterocycles. The Bertz CT molecular complexity index is 751. The second-order valence-electron chi connectivity index (χ2n) is 4.88. The number of rotatable bonds is 2. The predicted molar refractivity (Wildman–Crippen MR) is 83.9 cm³/mol. The molecule has 6 heteroatoms. The van der Waals surface area contributed by atoms with Gasteiger partial charge in [-0.25, -0.2) is 4.39 Å². The van der Waals surface area contributed by atoms with E-state index in [2.05, 4.69) is 21.2 Å². The van der Waals surface area contributed by atoms with Crippen molar-refractivity contribution >= 4 is 39.1 Å². The van der Waals surface area contributed by atoms with Crippen molar-refractivity contribution in [1.29, 1.82) is 0 Å². The van der Waals surface area contributed by atoms with Gasteiger partial charge < -0.3 is 11.1 Å². The molecule has 3 nitrogen and oxygen atoms in total. The minimum atomic E-state index is -0.698. The molecular formula is C15H11BrClFN2O. The summed E-state index contributed by atoms with van der Waals surface area (Å²) in [5.74, 6) is -0.490. The predicted octanol–water partition coefficient (Wildman–Crippen LogP) is 3.78. The first-order valence-electron chi connectivity index (χ1n) is 6.29. The number of benzene rings is 2. The molecule has 0 radical (unpaired) electrons. The lowest BCUT2D eigenvalue weighted by Gasteiger charge is -2.17. The summed E-state index contributed by atoms with van der Waals surface area (Å²) in [6, 6.07) is 7.68. The summed E-state index contributed by atoms with van der Waals surface area (Å²) in [6.07, 6.45) is 0.285. The molecule has 1 amide bonds. The van der Waals surface area contributed by atoms with Crippen LogP contribution in [0.2, 0.25) is 5.02 Å². The Morgan fingerprint density at radius 2 is 2.10 bits per heavy atom. The third kappa shape index (κ3) is 2.57. The summed E-state index contributed by atoms with van der Waals surface area (Å²) >= 11 is 9.37. The van der Waals surface area contributed by atoms with Gasteiger partial charge in [-0.2, -0.15) is 0 Å². The normalized spacial score (nSPS) is 14.8. The fraction of sp³-hybridized carbons (Fsp3) is 0.133. The Balaban J connectivity index is 2.06. The summed E-state index contributed by atoms with van der Waals surface area (Å²) in [5, 5.41) is 3.12. The minimum Gasteiger partial charge on any atom is -0.325 e. The number of amides is 1.